The van der Waals surface area contributed by atoms with Crippen molar-refractivity contribution < 1.29 is 50.0 Å². The molecule has 0 spiro atoms. The van der Waals surface area contributed by atoms with Crippen LogP contribution < -0.4 is 0 Å². The zero-order chi connectivity index (χ0) is 33.1. The molecule has 0 bridgehead atoms. The monoisotopic (exact) mass is 636 g/mol. The summed E-state index contributed by atoms with van der Waals surface area (Å²) in [4.78, 5) is 12.7. The Morgan fingerprint density at radius 1 is 1.09 bits per heavy atom. The van der Waals surface area contributed by atoms with E-state index in [1.54, 1.807) is 6.92 Å². The standard InChI is InChI=1S/C35H56O10/c1-18(2)35(43,19(3)37)15-11-23(31(41)42)25-9-8-24-22-7-6-20-16-21(10-13-33(20,4)26(22)12-14-34(24,25)5)44-32-30(40)29(39)28(38)27(17-36)45-32/h7,12,18-21,23-25,27-30,32,36-40,43H,6,8-11,13-17H2,1-5H3,(H,41,42)/t19-,20+,21+,23-,24+,25-,27-,28-,29+,30-,32-,33+,34+,35-/m1/s1. The van der Waals surface area contributed by atoms with Crippen LogP contribution in [0.5, 0.6) is 0 Å². The van der Waals surface area contributed by atoms with Crippen LogP contribution in [0.3, 0.4) is 0 Å². The molecule has 1 aliphatic heterocycles. The van der Waals surface area contributed by atoms with E-state index in [-0.39, 0.29) is 41.1 Å². The molecule has 0 aromatic carbocycles. The van der Waals surface area contributed by atoms with E-state index in [0.717, 1.165) is 44.9 Å². The van der Waals surface area contributed by atoms with E-state index in [0.29, 0.717) is 12.3 Å². The Balaban J connectivity index is 1.30. The van der Waals surface area contributed by atoms with Crippen LogP contribution in [0.25, 0.3) is 0 Å². The first-order valence-corrected chi connectivity index (χ1v) is 17.1. The van der Waals surface area contributed by atoms with Gasteiger partial charge in [-0.2, -0.15) is 0 Å². The SMILES string of the molecule is CC(C)[C@](O)(CC[C@@H](C(=O)O)[C@H]1CC[C@H]2C3=CC[C@H]4C[C@@H](O[C@@H]5O[C@H](CO)[C@@H](O)[C@H](O)[C@H]5O)CC[C@]4(C)C3=CC[C@]12C)[C@@H](C)O. The molecular weight excluding hydrogens is 580 g/mol. The molecule has 4 aliphatic carbocycles. The number of carboxylic acids is 1. The van der Waals surface area contributed by atoms with Crippen molar-refractivity contribution in [2.75, 3.05) is 6.61 Å². The minimum absolute atomic E-state index is 0.0303. The molecule has 3 fully saturated rings. The highest BCUT2D eigenvalue weighted by molar-refractivity contribution is 5.70. The molecule has 7 N–H and O–H groups in total. The van der Waals surface area contributed by atoms with E-state index in [1.807, 2.05) is 13.8 Å². The average molecular weight is 637 g/mol. The van der Waals surface area contributed by atoms with E-state index < -0.39 is 60.9 Å². The van der Waals surface area contributed by atoms with Crippen LogP contribution in [0.4, 0.5) is 0 Å². The lowest BCUT2D eigenvalue weighted by atomic mass is 9.51. The molecule has 0 amide bonds. The Morgan fingerprint density at radius 3 is 2.42 bits per heavy atom. The Kier molecular flexibility index (Phi) is 10.0. The number of aliphatic hydroxyl groups is 6. The normalized spacial score (nSPS) is 44.1. The molecule has 0 unspecified atom stereocenters. The Labute approximate surface area is 267 Å². The minimum Gasteiger partial charge on any atom is -0.481 e. The van der Waals surface area contributed by atoms with Crippen LogP contribution in [-0.2, 0) is 14.3 Å². The second kappa shape index (κ2) is 12.9. The third kappa shape index (κ3) is 5.96. The van der Waals surface area contributed by atoms with Crippen molar-refractivity contribution in [1.82, 2.24) is 0 Å². The van der Waals surface area contributed by atoms with Gasteiger partial charge in [0.15, 0.2) is 6.29 Å². The molecule has 1 saturated heterocycles. The summed E-state index contributed by atoms with van der Waals surface area (Å²) < 4.78 is 11.8. The molecule has 5 aliphatic rings. The number of aliphatic hydroxyl groups excluding tert-OH is 5. The third-order valence-electron chi connectivity index (χ3n) is 13.1. The summed E-state index contributed by atoms with van der Waals surface area (Å²) in [6.07, 6.45) is 3.51. The number of rotatable bonds is 10. The van der Waals surface area contributed by atoms with E-state index in [1.165, 1.54) is 11.1 Å². The molecule has 14 atom stereocenters. The fraction of sp³-hybridized carbons (Fsp3) is 0.857. The lowest BCUT2D eigenvalue weighted by Gasteiger charge is -2.54. The second-order valence-electron chi connectivity index (χ2n) is 15.6. The zero-order valence-electron chi connectivity index (χ0n) is 27.5. The highest BCUT2D eigenvalue weighted by atomic mass is 16.7. The molecule has 0 aromatic rings. The van der Waals surface area contributed by atoms with Gasteiger partial charge in [-0.05, 0) is 110 Å². The van der Waals surface area contributed by atoms with Crippen LogP contribution >= 0.6 is 0 Å². The van der Waals surface area contributed by atoms with Crippen molar-refractivity contribution >= 4 is 5.97 Å². The van der Waals surface area contributed by atoms with E-state index >= 15 is 0 Å². The number of carbonyl (C=O) groups is 1. The van der Waals surface area contributed by atoms with Crippen molar-refractivity contribution in [2.45, 2.75) is 141 Å². The molecule has 10 nitrogen and oxygen atoms in total. The summed E-state index contributed by atoms with van der Waals surface area (Å²) in [6, 6.07) is 0. The highest BCUT2D eigenvalue weighted by Gasteiger charge is 2.57. The number of aliphatic carboxylic acids is 1. The molecule has 1 heterocycles. The third-order valence-corrected chi connectivity index (χ3v) is 13.1. The summed E-state index contributed by atoms with van der Waals surface area (Å²) in [5.41, 5.74) is 1.16. The smallest absolute Gasteiger partial charge is 0.306 e. The maximum absolute atomic E-state index is 12.7. The first-order chi connectivity index (χ1) is 21.1. The predicted molar refractivity (Wildman–Crippen MR) is 166 cm³/mol. The molecule has 5 rings (SSSR count). The van der Waals surface area contributed by atoms with Gasteiger partial charge in [-0.15, -0.1) is 0 Å². The molecule has 45 heavy (non-hydrogen) atoms. The second-order valence-corrected chi connectivity index (χ2v) is 15.6. The van der Waals surface area contributed by atoms with E-state index in [4.69, 9.17) is 9.47 Å². The zero-order valence-corrected chi connectivity index (χ0v) is 27.5. The number of hydrogen-bond donors (Lipinski definition) is 7. The maximum atomic E-state index is 12.7. The van der Waals surface area contributed by atoms with Gasteiger partial charge in [-0.3, -0.25) is 4.79 Å². The average Bonchev–Trinajstić information content (AvgIpc) is 3.34. The lowest BCUT2D eigenvalue weighted by Crippen LogP contribution is -2.60. The number of carboxylic acid groups (broad SMARTS) is 1. The lowest BCUT2D eigenvalue weighted by molar-refractivity contribution is -0.314. The molecular formula is C35H56O10. The van der Waals surface area contributed by atoms with Gasteiger partial charge >= 0.3 is 5.97 Å². The molecule has 0 aromatic heterocycles. The number of ether oxygens (including phenoxy) is 2. The van der Waals surface area contributed by atoms with Crippen LogP contribution in [0.2, 0.25) is 0 Å². The fourth-order valence-corrected chi connectivity index (χ4v) is 9.87. The van der Waals surface area contributed by atoms with Gasteiger partial charge in [0.2, 0.25) is 0 Å². The number of fused-ring (bicyclic) bond motifs is 5. The molecule has 0 radical (unpaired) electrons. The highest BCUT2D eigenvalue weighted by Crippen LogP contribution is 2.65. The molecule has 256 valence electrons. The van der Waals surface area contributed by atoms with Gasteiger partial charge in [0.05, 0.1) is 30.3 Å². The first-order valence-electron chi connectivity index (χ1n) is 17.1. The Hall–Kier alpha value is -1.37. The number of hydrogen-bond acceptors (Lipinski definition) is 9. The summed E-state index contributed by atoms with van der Waals surface area (Å²) in [5, 5.41) is 72.3. The van der Waals surface area contributed by atoms with Crippen LogP contribution in [0.15, 0.2) is 23.3 Å². The van der Waals surface area contributed by atoms with Crippen molar-refractivity contribution in [2.24, 2.45) is 40.4 Å². The fourth-order valence-electron chi connectivity index (χ4n) is 9.87. The van der Waals surface area contributed by atoms with Crippen molar-refractivity contribution in [3.8, 4) is 0 Å². The van der Waals surface area contributed by atoms with Crippen LogP contribution in [0, 0.1) is 40.4 Å². The van der Waals surface area contributed by atoms with Gasteiger partial charge in [0, 0.05) is 0 Å². The van der Waals surface area contributed by atoms with Gasteiger partial charge in [-0.1, -0.05) is 39.8 Å². The molecule has 2 saturated carbocycles. The van der Waals surface area contributed by atoms with E-state index in [2.05, 4.69) is 26.0 Å². The topological polar surface area (TPSA) is 177 Å². The predicted octanol–water partition coefficient (Wildman–Crippen LogP) is 2.92. The minimum atomic E-state index is -1.47. The summed E-state index contributed by atoms with van der Waals surface area (Å²) in [5.74, 6) is -1.07. The first kappa shape index (κ1) is 35.0. The van der Waals surface area contributed by atoms with Gasteiger partial charge in [0.25, 0.3) is 0 Å². The van der Waals surface area contributed by atoms with Gasteiger partial charge in [0.1, 0.15) is 24.4 Å². The largest absolute Gasteiger partial charge is 0.481 e. The summed E-state index contributed by atoms with van der Waals surface area (Å²) in [6.45, 7) is 9.39. The maximum Gasteiger partial charge on any atom is 0.306 e. The van der Waals surface area contributed by atoms with Gasteiger partial charge < -0.3 is 45.2 Å². The van der Waals surface area contributed by atoms with Crippen LogP contribution in [-0.4, -0.2) is 96.8 Å². The quantitative estimate of drug-likeness (QED) is 0.189. The van der Waals surface area contributed by atoms with Crippen molar-refractivity contribution in [3.05, 3.63) is 23.3 Å². The van der Waals surface area contributed by atoms with Crippen molar-refractivity contribution in [3.63, 3.8) is 0 Å². The Bertz CT molecular complexity index is 1140. The van der Waals surface area contributed by atoms with Gasteiger partial charge in [-0.25, -0.2) is 0 Å². The number of allylic oxidation sites excluding steroid dienone is 4. The van der Waals surface area contributed by atoms with Crippen LogP contribution in [0.1, 0.15) is 92.4 Å². The summed E-state index contributed by atoms with van der Waals surface area (Å²) >= 11 is 0. The Morgan fingerprint density at radius 2 is 1.80 bits per heavy atom. The molecule has 10 heteroatoms. The summed E-state index contributed by atoms with van der Waals surface area (Å²) in [7, 11) is 0. The van der Waals surface area contributed by atoms with Crippen molar-refractivity contribution in [1.29, 1.82) is 0 Å². The van der Waals surface area contributed by atoms with E-state index in [9.17, 15) is 40.5 Å².